The molecule has 0 aliphatic rings. The lowest BCUT2D eigenvalue weighted by Gasteiger charge is -2.03. The van der Waals surface area contributed by atoms with Gasteiger partial charge in [0.1, 0.15) is 16.6 Å². The van der Waals surface area contributed by atoms with Crippen molar-refractivity contribution >= 4 is 95.2 Å². The Morgan fingerprint density at radius 3 is 1.64 bits per heavy atom. The van der Waals surface area contributed by atoms with E-state index in [2.05, 4.69) is 78.4 Å². The second-order valence-electron chi connectivity index (χ2n) is 10.8. The highest BCUT2D eigenvalue weighted by molar-refractivity contribution is 8.24. The number of ether oxygens (including phenoxy) is 2. The minimum absolute atomic E-state index is 0.0400. The second-order valence-corrected chi connectivity index (χ2v) is 17.8. The standard InChI is InChI=1S/C9H9NO4.C8H6ClN3O.2C8H7N3O2.Cl3OP/c1-13-8(11)6-4-3-5-10-7(6)9(12)14-2;1-12-8(13)5-3-2-4-10-6(5)7(9)11-12;1-11-8(13)5-3-2-4-9-6(5)7(12)10-11;1-11-8(13)6-5(7(12)10-11)3-2-4-9-6;1-5(2,3)4/h3-5H,1-2H3;2-4H,1H3;2*2-4H,1H3,(H,10,12);. The molecule has 0 aliphatic carbocycles. The molecule has 0 saturated carbocycles. The number of hydrogen-bond acceptors (Lipinski definition) is 15. The van der Waals surface area contributed by atoms with E-state index in [0.29, 0.717) is 21.7 Å². The molecule has 304 valence electrons. The number of aromatic amines is 2. The number of esters is 2. The molecule has 0 aromatic carbocycles. The van der Waals surface area contributed by atoms with Gasteiger partial charge in [-0.25, -0.2) is 19.3 Å². The fourth-order valence-corrected chi connectivity index (χ4v) is 4.72. The third-order valence-corrected chi connectivity index (χ3v) is 7.27. The van der Waals surface area contributed by atoms with E-state index >= 15 is 0 Å². The van der Waals surface area contributed by atoms with E-state index in [4.69, 9.17) is 11.6 Å². The Labute approximate surface area is 343 Å². The smallest absolute Gasteiger partial charge is 0.357 e. The molecule has 7 rings (SSSR count). The minimum atomic E-state index is -3.22. The Morgan fingerprint density at radius 1 is 0.621 bits per heavy atom. The Balaban J connectivity index is 0.000000199. The molecule has 7 heterocycles. The van der Waals surface area contributed by atoms with Crippen molar-refractivity contribution < 1.29 is 23.6 Å². The molecule has 58 heavy (non-hydrogen) atoms. The van der Waals surface area contributed by atoms with E-state index in [-0.39, 0.29) is 55.2 Å². The average Bonchev–Trinajstić information content (AvgIpc) is 3.21. The summed E-state index contributed by atoms with van der Waals surface area (Å²) in [6, 6.07) is 12.8. The van der Waals surface area contributed by atoms with Gasteiger partial charge >= 0.3 is 17.1 Å². The summed E-state index contributed by atoms with van der Waals surface area (Å²) in [6.07, 6.45) is 5.95. The largest absolute Gasteiger partial charge is 0.465 e. The number of pyridine rings is 4. The average molecular weight is 898 g/mol. The van der Waals surface area contributed by atoms with E-state index in [1.165, 1.54) is 57.7 Å². The topological polar surface area (TPSA) is 266 Å². The van der Waals surface area contributed by atoms with Gasteiger partial charge in [-0.2, -0.15) is 5.10 Å². The summed E-state index contributed by atoms with van der Waals surface area (Å²) in [7, 11) is 6.99. The maximum atomic E-state index is 11.5. The fraction of sp³-hybridized carbons (Fsp3) is 0.152. The van der Waals surface area contributed by atoms with E-state index in [9.17, 15) is 38.1 Å². The lowest BCUT2D eigenvalue weighted by atomic mass is 10.2. The summed E-state index contributed by atoms with van der Waals surface area (Å²) < 4.78 is 21.9. The number of aromatic nitrogens is 10. The quantitative estimate of drug-likeness (QED) is 0.185. The van der Waals surface area contributed by atoms with E-state index in [1.54, 1.807) is 55.7 Å². The zero-order chi connectivity index (χ0) is 43.3. The number of aryl methyl sites for hydroxylation is 3. The number of fused-ring (bicyclic) bond motifs is 3. The number of hydrogen-bond donors (Lipinski definition) is 2. The number of nitrogens with zero attached hydrogens (tertiary/aromatic N) is 8. The molecular formula is C33H29Cl4N10O10P. The maximum Gasteiger partial charge on any atom is 0.357 e. The summed E-state index contributed by atoms with van der Waals surface area (Å²) in [5.74, 6) is -1.27. The van der Waals surface area contributed by atoms with E-state index in [1.807, 2.05) is 0 Å². The highest BCUT2D eigenvalue weighted by atomic mass is 36.0. The van der Waals surface area contributed by atoms with Crippen LogP contribution in [-0.4, -0.2) is 75.4 Å². The zero-order valence-corrected chi connectivity index (χ0v) is 34.5. The van der Waals surface area contributed by atoms with Crippen LogP contribution >= 0.6 is 50.5 Å². The first-order chi connectivity index (χ1) is 27.3. The summed E-state index contributed by atoms with van der Waals surface area (Å²) >= 11 is 19.7. The molecule has 0 radical (unpaired) electrons. The molecule has 7 aromatic rings. The van der Waals surface area contributed by atoms with Crippen LogP contribution in [0, 0.1) is 0 Å². The molecule has 2 N–H and O–H groups in total. The Kier molecular flexibility index (Phi) is 16.7. The van der Waals surface area contributed by atoms with Crippen molar-refractivity contribution in [3.8, 4) is 0 Å². The van der Waals surface area contributed by atoms with Crippen molar-refractivity contribution in [2.45, 2.75) is 0 Å². The van der Waals surface area contributed by atoms with Gasteiger partial charge in [0.05, 0.1) is 35.9 Å². The zero-order valence-electron chi connectivity index (χ0n) is 30.5. The molecule has 0 aliphatic heterocycles. The predicted molar refractivity (Wildman–Crippen MR) is 217 cm³/mol. The first-order valence-corrected chi connectivity index (χ1v) is 20.5. The predicted octanol–water partition coefficient (Wildman–Crippen LogP) is 3.69. The molecule has 0 saturated heterocycles. The molecule has 0 atom stereocenters. The van der Waals surface area contributed by atoms with Crippen LogP contribution in [0.1, 0.15) is 20.8 Å². The van der Waals surface area contributed by atoms with Crippen LogP contribution in [0.4, 0.5) is 0 Å². The highest BCUT2D eigenvalue weighted by Crippen LogP contribution is 2.61. The number of H-pyrrole nitrogens is 2. The van der Waals surface area contributed by atoms with E-state index < -0.39 is 17.1 Å². The number of methoxy groups -OCH3 is 2. The van der Waals surface area contributed by atoms with Gasteiger partial charge in [-0.3, -0.25) is 63.1 Å². The van der Waals surface area contributed by atoms with Crippen molar-refractivity contribution in [1.29, 1.82) is 0 Å². The molecule has 0 unspecified atom stereocenters. The van der Waals surface area contributed by atoms with Crippen LogP contribution in [0.15, 0.2) is 97.3 Å². The SMILES string of the molecule is COC(=O)c1cccnc1C(=O)OC.Cn1[nH]c(=O)c2cccnc2c1=O.Cn1[nH]c(=O)c2ncccc2c1=O.Cn1nc(Cl)c2ncccc2c1=O.O=P(Cl)(Cl)Cl. The van der Waals surface area contributed by atoms with Gasteiger partial charge in [-0.15, -0.1) is 0 Å². The van der Waals surface area contributed by atoms with Crippen molar-refractivity contribution in [3.63, 3.8) is 0 Å². The van der Waals surface area contributed by atoms with Crippen molar-refractivity contribution in [2.24, 2.45) is 21.1 Å². The second kappa shape index (κ2) is 20.9. The van der Waals surface area contributed by atoms with Gasteiger partial charge in [0.15, 0.2) is 10.8 Å². The number of nitrogens with one attached hydrogen (secondary N) is 2. The van der Waals surface area contributed by atoms with Crippen molar-refractivity contribution in [3.05, 3.63) is 141 Å². The number of carbonyl (C=O) groups is 2. The molecule has 0 bridgehead atoms. The minimum Gasteiger partial charge on any atom is -0.465 e. The van der Waals surface area contributed by atoms with Gasteiger partial charge in [0.2, 0.25) is 0 Å². The summed E-state index contributed by atoms with van der Waals surface area (Å²) in [5.41, 5.74) is -0.483. The van der Waals surface area contributed by atoms with Crippen molar-refractivity contribution in [2.75, 3.05) is 14.2 Å². The van der Waals surface area contributed by atoms with Crippen LogP contribution in [0.2, 0.25) is 5.15 Å². The lowest BCUT2D eigenvalue weighted by Crippen LogP contribution is -2.27. The third-order valence-electron chi connectivity index (χ3n) is 7.01. The molecule has 0 spiro atoms. The van der Waals surface area contributed by atoms with Crippen LogP contribution < -0.4 is 27.8 Å². The molecule has 25 heteroatoms. The van der Waals surface area contributed by atoms with Gasteiger partial charge in [0, 0.05) is 45.9 Å². The normalized spacial score (nSPS) is 10.4. The molecule has 0 amide bonds. The lowest BCUT2D eigenvalue weighted by molar-refractivity contribution is 0.0550. The van der Waals surface area contributed by atoms with Gasteiger partial charge in [-0.1, -0.05) is 11.6 Å². The van der Waals surface area contributed by atoms with Gasteiger partial charge < -0.3 is 9.47 Å². The van der Waals surface area contributed by atoms with Gasteiger partial charge in [-0.05, 0) is 82.3 Å². The van der Waals surface area contributed by atoms with Crippen LogP contribution in [0.5, 0.6) is 0 Å². The number of halogens is 4. The first kappa shape index (κ1) is 46.3. The highest BCUT2D eigenvalue weighted by Gasteiger charge is 2.18. The Morgan fingerprint density at radius 2 is 1.07 bits per heavy atom. The number of carbonyl (C=O) groups excluding carboxylic acids is 2. The summed E-state index contributed by atoms with van der Waals surface area (Å²) in [5, 5.41) is 6.75. The summed E-state index contributed by atoms with van der Waals surface area (Å²) in [4.78, 5) is 94.6. The molecule has 0 fully saturated rings. The first-order valence-electron chi connectivity index (χ1n) is 15.7. The van der Waals surface area contributed by atoms with Crippen LogP contribution in [-0.2, 0) is 35.2 Å². The van der Waals surface area contributed by atoms with Crippen LogP contribution in [0.3, 0.4) is 0 Å². The fourth-order valence-electron chi connectivity index (χ4n) is 4.46. The Bertz CT molecular complexity index is 2820. The maximum absolute atomic E-state index is 11.5. The van der Waals surface area contributed by atoms with E-state index in [0.717, 1.165) is 9.36 Å². The molecule has 20 nitrogen and oxygen atoms in total. The third kappa shape index (κ3) is 12.5. The number of rotatable bonds is 2. The monoisotopic (exact) mass is 896 g/mol. The molecular weight excluding hydrogens is 869 g/mol. The van der Waals surface area contributed by atoms with Crippen molar-refractivity contribution in [1.82, 2.24) is 49.3 Å². The Hall–Kier alpha value is -6.05. The summed E-state index contributed by atoms with van der Waals surface area (Å²) in [6.45, 7) is 0. The van der Waals surface area contributed by atoms with Crippen LogP contribution in [0.25, 0.3) is 32.7 Å². The molecule has 7 aromatic heterocycles. The van der Waals surface area contributed by atoms with Gasteiger partial charge in [0.25, 0.3) is 27.8 Å².